The van der Waals surface area contributed by atoms with Gasteiger partial charge in [0, 0.05) is 13.1 Å². The van der Waals surface area contributed by atoms with Crippen LogP contribution in [0, 0.1) is 6.92 Å². The van der Waals surface area contributed by atoms with E-state index in [-0.39, 0.29) is 12.5 Å². The van der Waals surface area contributed by atoms with Crippen LogP contribution in [0.3, 0.4) is 0 Å². The number of nitrogens with zero attached hydrogens (tertiary/aromatic N) is 1. The van der Waals surface area contributed by atoms with Crippen molar-refractivity contribution in [3.63, 3.8) is 0 Å². The third-order valence-corrected chi connectivity index (χ3v) is 3.72. The summed E-state index contributed by atoms with van der Waals surface area (Å²) < 4.78 is 5.70. The van der Waals surface area contributed by atoms with Crippen molar-refractivity contribution in [1.29, 1.82) is 0 Å². The summed E-state index contributed by atoms with van der Waals surface area (Å²) in [6, 6.07) is 6.66. The Hall–Kier alpha value is -1.51. The number of hydrogen-bond acceptors (Lipinski definition) is 2. The molecule has 0 N–H and O–H groups in total. The van der Waals surface area contributed by atoms with E-state index in [4.69, 9.17) is 4.74 Å². The predicted octanol–water partition coefficient (Wildman–Crippen LogP) is 3.12. The molecule has 1 aliphatic rings. The monoisotopic (exact) mass is 261 g/mol. The molecule has 2 rings (SSSR count). The van der Waals surface area contributed by atoms with Crippen LogP contribution in [-0.4, -0.2) is 30.5 Å². The molecule has 19 heavy (non-hydrogen) atoms. The minimum atomic E-state index is 0.0665. The Morgan fingerprint density at radius 2 is 2.11 bits per heavy atom. The number of rotatable bonds is 5. The lowest BCUT2D eigenvalue weighted by atomic mass is 10.0. The Morgan fingerprint density at radius 3 is 2.68 bits per heavy atom. The zero-order valence-corrected chi connectivity index (χ0v) is 12.3. The van der Waals surface area contributed by atoms with Gasteiger partial charge in [-0.15, -0.1) is 0 Å². The molecule has 104 valence electrons. The molecule has 1 amide bonds. The molecule has 0 spiro atoms. The summed E-state index contributed by atoms with van der Waals surface area (Å²) >= 11 is 0. The van der Waals surface area contributed by atoms with Crippen LogP contribution in [0.5, 0.6) is 5.75 Å². The van der Waals surface area contributed by atoms with Gasteiger partial charge in [0.15, 0.2) is 6.61 Å². The Balaban J connectivity index is 1.98. The molecule has 1 aliphatic carbocycles. The number of benzene rings is 1. The van der Waals surface area contributed by atoms with Crippen molar-refractivity contribution in [2.24, 2.45) is 0 Å². The predicted molar refractivity (Wildman–Crippen MR) is 76.6 cm³/mol. The lowest BCUT2D eigenvalue weighted by Crippen LogP contribution is -2.33. The van der Waals surface area contributed by atoms with E-state index in [0.717, 1.165) is 24.2 Å². The Kier molecular flexibility index (Phi) is 4.13. The molecule has 0 atom stereocenters. The van der Waals surface area contributed by atoms with Crippen LogP contribution < -0.4 is 4.74 Å². The highest BCUT2D eigenvalue weighted by Gasteiger charge is 2.29. The second kappa shape index (κ2) is 5.64. The smallest absolute Gasteiger partial charge is 0.260 e. The summed E-state index contributed by atoms with van der Waals surface area (Å²) in [5, 5.41) is 0. The quantitative estimate of drug-likeness (QED) is 0.815. The lowest BCUT2D eigenvalue weighted by Gasteiger charge is -2.17. The molecule has 0 aromatic heterocycles. The Bertz CT molecular complexity index is 464. The van der Waals surface area contributed by atoms with Crippen LogP contribution in [0.2, 0.25) is 0 Å². The van der Waals surface area contributed by atoms with Gasteiger partial charge in [0.25, 0.3) is 5.91 Å². The molecular formula is C16H23NO2. The van der Waals surface area contributed by atoms with Gasteiger partial charge in [0.1, 0.15) is 5.75 Å². The molecule has 0 aliphatic heterocycles. The fourth-order valence-electron chi connectivity index (χ4n) is 2.04. The van der Waals surface area contributed by atoms with Gasteiger partial charge in [0.2, 0.25) is 0 Å². The first kappa shape index (κ1) is 13.9. The fraction of sp³-hybridized carbons (Fsp3) is 0.562. The van der Waals surface area contributed by atoms with Crippen molar-refractivity contribution >= 4 is 5.91 Å². The number of ether oxygens (including phenoxy) is 1. The van der Waals surface area contributed by atoms with Gasteiger partial charge in [-0.3, -0.25) is 4.79 Å². The van der Waals surface area contributed by atoms with Crippen LogP contribution in [0.1, 0.15) is 43.7 Å². The first-order valence-corrected chi connectivity index (χ1v) is 6.98. The van der Waals surface area contributed by atoms with Gasteiger partial charge < -0.3 is 9.64 Å². The van der Waals surface area contributed by atoms with Gasteiger partial charge in [-0.2, -0.15) is 0 Å². The number of aryl methyl sites for hydroxylation is 1. The minimum Gasteiger partial charge on any atom is -0.483 e. The summed E-state index contributed by atoms with van der Waals surface area (Å²) in [6.45, 7) is 6.45. The zero-order chi connectivity index (χ0) is 14.0. The molecule has 0 bridgehead atoms. The number of carbonyl (C=O) groups excluding carboxylic acids is 1. The molecule has 1 aromatic rings. The minimum absolute atomic E-state index is 0.0665. The van der Waals surface area contributed by atoms with Crippen LogP contribution in [-0.2, 0) is 4.79 Å². The summed E-state index contributed by atoms with van der Waals surface area (Å²) in [5.74, 6) is 1.35. The maximum absolute atomic E-state index is 11.9. The van der Waals surface area contributed by atoms with Crippen LogP contribution >= 0.6 is 0 Å². The Labute approximate surface area is 115 Å². The first-order valence-electron chi connectivity index (χ1n) is 6.98. The zero-order valence-electron chi connectivity index (χ0n) is 12.3. The first-order chi connectivity index (χ1) is 8.99. The third kappa shape index (κ3) is 3.49. The summed E-state index contributed by atoms with van der Waals surface area (Å²) in [4.78, 5) is 13.7. The van der Waals surface area contributed by atoms with Gasteiger partial charge in [-0.05, 0) is 42.9 Å². The average molecular weight is 261 g/mol. The van der Waals surface area contributed by atoms with Crippen LogP contribution in [0.15, 0.2) is 18.2 Å². The fourth-order valence-corrected chi connectivity index (χ4v) is 2.04. The van der Waals surface area contributed by atoms with E-state index in [1.807, 2.05) is 24.9 Å². The standard InChI is InChI=1S/C16H23NO2/c1-11(2)13-6-5-12(3)15(9-13)19-10-16(18)17(4)14-7-8-14/h5-6,9,11,14H,7-8,10H2,1-4H3. The molecule has 1 aromatic carbocycles. The van der Waals surface area contributed by atoms with Gasteiger partial charge in [-0.25, -0.2) is 0 Å². The van der Waals surface area contributed by atoms with E-state index in [1.54, 1.807) is 0 Å². The lowest BCUT2D eigenvalue weighted by molar-refractivity contribution is -0.132. The summed E-state index contributed by atoms with van der Waals surface area (Å²) in [7, 11) is 1.86. The van der Waals surface area contributed by atoms with E-state index < -0.39 is 0 Å². The highest BCUT2D eigenvalue weighted by molar-refractivity contribution is 5.78. The number of hydrogen-bond donors (Lipinski definition) is 0. The van der Waals surface area contributed by atoms with Crippen molar-refractivity contribution in [2.45, 2.75) is 45.6 Å². The average Bonchev–Trinajstić information content (AvgIpc) is 3.20. The maximum Gasteiger partial charge on any atom is 0.260 e. The van der Waals surface area contributed by atoms with E-state index in [2.05, 4.69) is 26.0 Å². The number of amides is 1. The number of carbonyl (C=O) groups is 1. The van der Waals surface area contributed by atoms with Crippen molar-refractivity contribution in [1.82, 2.24) is 4.90 Å². The highest BCUT2D eigenvalue weighted by Crippen LogP contribution is 2.26. The molecule has 0 heterocycles. The van der Waals surface area contributed by atoms with Crippen molar-refractivity contribution in [3.05, 3.63) is 29.3 Å². The number of likely N-dealkylation sites (N-methyl/N-ethyl adjacent to an activating group) is 1. The molecule has 3 heteroatoms. The van der Waals surface area contributed by atoms with Crippen molar-refractivity contribution in [2.75, 3.05) is 13.7 Å². The second-order valence-corrected chi connectivity index (χ2v) is 5.70. The largest absolute Gasteiger partial charge is 0.483 e. The van der Waals surface area contributed by atoms with E-state index in [9.17, 15) is 4.79 Å². The van der Waals surface area contributed by atoms with E-state index >= 15 is 0 Å². The van der Waals surface area contributed by atoms with Crippen molar-refractivity contribution < 1.29 is 9.53 Å². The van der Waals surface area contributed by atoms with E-state index in [1.165, 1.54) is 5.56 Å². The van der Waals surface area contributed by atoms with Crippen LogP contribution in [0.25, 0.3) is 0 Å². The summed E-state index contributed by atoms with van der Waals surface area (Å²) in [6.07, 6.45) is 2.26. The van der Waals surface area contributed by atoms with Crippen molar-refractivity contribution in [3.8, 4) is 5.75 Å². The van der Waals surface area contributed by atoms with Gasteiger partial charge in [0.05, 0.1) is 0 Å². The maximum atomic E-state index is 11.9. The molecular weight excluding hydrogens is 238 g/mol. The molecule has 0 saturated heterocycles. The Morgan fingerprint density at radius 1 is 1.42 bits per heavy atom. The van der Waals surface area contributed by atoms with E-state index in [0.29, 0.717) is 12.0 Å². The van der Waals surface area contributed by atoms with Crippen LogP contribution in [0.4, 0.5) is 0 Å². The highest BCUT2D eigenvalue weighted by atomic mass is 16.5. The second-order valence-electron chi connectivity index (χ2n) is 5.70. The van der Waals surface area contributed by atoms with Gasteiger partial charge >= 0.3 is 0 Å². The topological polar surface area (TPSA) is 29.5 Å². The normalized spacial score (nSPS) is 14.6. The molecule has 1 saturated carbocycles. The van der Waals surface area contributed by atoms with Gasteiger partial charge in [-0.1, -0.05) is 26.0 Å². The SMILES string of the molecule is Cc1ccc(C(C)C)cc1OCC(=O)N(C)C1CC1. The summed E-state index contributed by atoms with van der Waals surface area (Å²) in [5.41, 5.74) is 2.31. The molecule has 3 nitrogen and oxygen atoms in total. The molecule has 1 fully saturated rings. The molecule has 0 unspecified atom stereocenters. The third-order valence-electron chi connectivity index (χ3n) is 3.72. The molecule has 0 radical (unpaired) electrons.